The van der Waals surface area contributed by atoms with Gasteiger partial charge in [-0.25, -0.2) is 4.98 Å². The number of hydrogen-bond acceptors (Lipinski definition) is 5. The Morgan fingerprint density at radius 1 is 1.33 bits per heavy atom. The summed E-state index contributed by atoms with van der Waals surface area (Å²) in [5, 5.41) is 12.8. The number of aryl methyl sites for hydroxylation is 1. The number of aliphatic hydroxyl groups is 1. The molecule has 0 unspecified atom stereocenters. The standard InChI is InChI=1S/C16H21NO3S/c1-4-5-16-17-13(10-21-16)9-20-14-7-6-12(11(2)18)8-15(14)19-3/h6-8,10-11,18H,4-5,9H2,1-3H3/t11-/m0/s1. The van der Waals surface area contributed by atoms with Crippen molar-refractivity contribution in [1.29, 1.82) is 0 Å². The third-order valence-corrected chi connectivity index (χ3v) is 4.07. The maximum Gasteiger partial charge on any atom is 0.161 e. The molecule has 0 bridgehead atoms. The van der Waals surface area contributed by atoms with E-state index in [1.54, 1.807) is 31.4 Å². The van der Waals surface area contributed by atoms with Gasteiger partial charge in [0.25, 0.3) is 0 Å². The molecule has 1 aromatic carbocycles. The van der Waals surface area contributed by atoms with Crippen LogP contribution in [0.2, 0.25) is 0 Å². The van der Waals surface area contributed by atoms with E-state index in [0.29, 0.717) is 18.1 Å². The van der Waals surface area contributed by atoms with Crippen LogP contribution >= 0.6 is 11.3 Å². The minimum absolute atomic E-state index is 0.421. The Hall–Kier alpha value is -1.59. The Balaban J connectivity index is 2.04. The summed E-state index contributed by atoms with van der Waals surface area (Å²) < 4.78 is 11.1. The number of ether oxygens (including phenoxy) is 2. The summed E-state index contributed by atoms with van der Waals surface area (Å²) in [4.78, 5) is 4.53. The molecule has 114 valence electrons. The van der Waals surface area contributed by atoms with E-state index in [-0.39, 0.29) is 0 Å². The van der Waals surface area contributed by atoms with Crippen LogP contribution in [0.25, 0.3) is 0 Å². The fourth-order valence-electron chi connectivity index (χ4n) is 1.96. The summed E-state index contributed by atoms with van der Waals surface area (Å²) in [5.74, 6) is 1.28. The molecule has 0 amide bonds. The topological polar surface area (TPSA) is 51.6 Å². The van der Waals surface area contributed by atoms with Gasteiger partial charge in [-0.1, -0.05) is 13.0 Å². The largest absolute Gasteiger partial charge is 0.493 e. The van der Waals surface area contributed by atoms with Gasteiger partial charge >= 0.3 is 0 Å². The quantitative estimate of drug-likeness (QED) is 0.846. The van der Waals surface area contributed by atoms with E-state index in [4.69, 9.17) is 9.47 Å². The lowest BCUT2D eigenvalue weighted by atomic mass is 10.1. The number of nitrogens with zero attached hydrogens (tertiary/aromatic N) is 1. The SMILES string of the molecule is CCCc1nc(COc2ccc([C@H](C)O)cc2OC)cs1. The van der Waals surface area contributed by atoms with Crippen molar-refractivity contribution < 1.29 is 14.6 Å². The maximum absolute atomic E-state index is 9.59. The van der Waals surface area contributed by atoms with Crippen LogP contribution in [0.15, 0.2) is 23.6 Å². The van der Waals surface area contributed by atoms with Crippen molar-refractivity contribution in [2.75, 3.05) is 7.11 Å². The van der Waals surface area contributed by atoms with Gasteiger partial charge < -0.3 is 14.6 Å². The van der Waals surface area contributed by atoms with Gasteiger partial charge in [-0.05, 0) is 37.5 Å². The highest BCUT2D eigenvalue weighted by atomic mass is 32.1. The Labute approximate surface area is 129 Å². The number of aliphatic hydroxyl groups excluding tert-OH is 1. The molecule has 2 aromatic rings. The molecule has 0 saturated heterocycles. The van der Waals surface area contributed by atoms with Crippen LogP contribution in [0.5, 0.6) is 11.5 Å². The highest BCUT2D eigenvalue weighted by Crippen LogP contribution is 2.31. The average Bonchev–Trinajstić information content (AvgIpc) is 2.93. The lowest BCUT2D eigenvalue weighted by Crippen LogP contribution is -2.00. The zero-order chi connectivity index (χ0) is 15.2. The highest BCUT2D eigenvalue weighted by molar-refractivity contribution is 7.09. The van der Waals surface area contributed by atoms with Gasteiger partial charge in [-0.2, -0.15) is 0 Å². The first-order valence-electron chi connectivity index (χ1n) is 7.06. The average molecular weight is 307 g/mol. The van der Waals surface area contributed by atoms with Crippen LogP contribution in [0.4, 0.5) is 0 Å². The number of methoxy groups -OCH3 is 1. The van der Waals surface area contributed by atoms with E-state index in [1.807, 2.05) is 17.5 Å². The summed E-state index contributed by atoms with van der Waals surface area (Å²) in [6.45, 7) is 4.29. The molecule has 2 rings (SSSR count). The van der Waals surface area contributed by atoms with Crippen molar-refractivity contribution in [3.05, 3.63) is 39.8 Å². The zero-order valence-corrected chi connectivity index (χ0v) is 13.4. The van der Waals surface area contributed by atoms with Crippen LogP contribution in [0.3, 0.4) is 0 Å². The molecule has 0 aliphatic heterocycles. The molecule has 21 heavy (non-hydrogen) atoms. The van der Waals surface area contributed by atoms with Gasteiger partial charge in [-0.15, -0.1) is 11.3 Å². The van der Waals surface area contributed by atoms with E-state index in [9.17, 15) is 5.11 Å². The molecule has 0 radical (unpaired) electrons. The number of thiazole rings is 1. The fraction of sp³-hybridized carbons (Fsp3) is 0.438. The van der Waals surface area contributed by atoms with Gasteiger partial charge in [0.2, 0.25) is 0 Å². The van der Waals surface area contributed by atoms with Gasteiger partial charge in [-0.3, -0.25) is 0 Å². The van der Waals surface area contributed by atoms with Crippen LogP contribution in [0, 0.1) is 0 Å². The van der Waals surface area contributed by atoms with Gasteiger partial charge in [0.15, 0.2) is 11.5 Å². The summed E-state index contributed by atoms with van der Waals surface area (Å²) in [6, 6.07) is 5.45. The third-order valence-electron chi connectivity index (χ3n) is 3.11. The van der Waals surface area contributed by atoms with E-state index >= 15 is 0 Å². The first-order valence-corrected chi connectivity index (χ1v) is 7.94. The van der Waals surface area contributed by atoms with Crippen LogP contribution in [0.1, 0.15) is 42.6 Å². The Morgan fingerprint density at radius 2 is 2.14 bits per heavy atom. The third kappa shape index (κ3) is 4.19. The number of rotatable bonds is 7. The minimum atomic E-state index is -0.525. The predicted octanol–water partition coefficient (Wildman–Crippen LogP) is 3.74. The highest BCUT2D eigenvalue weighted by Gasteiger charge is 2.10. The maximum atomic E-state index is 9.59. The van der Waals surface area contributed by atoms with Crippen molar-refractivity contribution in [2.45, 2.75) is 39.4 Å². The second kappa shape index (κ2) is 7.43. The van der Waals surface area contributed by atoms with Crippen molar-refractivity contribution in [2.24, 2.45) is 0 Å². The zero-order valence-electron chi connectivity index (χ0n) is 12.6. The summed E-state index contributed by atoms with van der Waals surface area (Å²) >= 11 is 1.67. The van der Waals surface area contributed by atoms with Crippen molar-refractivity contribution in [3.63, 3.8) is 0 Å². The molecule has 0 spiro atoms. The molecule has 1 atom stereocenters. The molecule has 4 nitrogen and oxygen atoms in total. The molecule has 0 saturated carbocycles. The van der Waals surface area contributed by atoms with Crippen molar-refractivity contribution >= 4 is 11.3 Å². The van der Waals surface area contributed by atoms with E-state index in [0.717, 1.165) is 29.1 Å². The number of aromatic nitrogens is 1. The van der Waals surface area contributed by atoms with E-state index in [1.165, 1.54) is 0 Å². The van der Waals surface area contributed by atoms with Crippen molar-refractivity contribution in [3.8, 4) is 11.5 Å². The second-order valence-corrected chi connectivity index (χ2v) is 5.80. The second-order valence-electron chi connectivity index (χ2n) is 4.86. The van der Waals surface area contributed by atoms with E-state index in [2.05, 4.69) is 11.9 Å². The van der Waals surface area contributed by atoms with Crippen LogP contribution in [-0.2, 0) is 13.0 Å². The molecule has 0 fully saturated rings. The summed E-state index contributed by atoms with van der Waals surface area (Å²) in [6.07, 6.45) is 1.59. The Morgan fingerprint density at radius 3 is 2.81 bits per heavy atom. The van der Waals surface area contributed by atoms with E-state index < -0.39 is 6.10 Å². The lowest BCUT2D eigenvalue weighted by Gasteiger charge is -2.12. The Kier molecular flexibility index (Phi) is 5.59. The number of hydrogen-bond donors (Lipinski definition) is 1. The number of benzene rings is 1. The van der Waals surface area contributed by atoms with Crippen molar-refractivity contribution in [1.82, 2.24) is 4.98 Å². The molecule has 0 aliphatic rings. The molecule has 1 aromatic heterocycles. The molecule has 1 N–H and O–H groups in total. The van der Waals surface area contributed by atoms with Gasteiger partial charge in [0.05, 0.1) is 23.9 Å². The monoisotopic (exact) mass is 307 g/mol. The Bertz CT molecular complexity index is 581. The summed E-state index contributed by atoms with van der Waals surface area (Å²) in [5.41, 5.74) is 1.74. The predicted molar refractivity (Wildman–Crippen MR) is 84.1 cm³/mol. The van der Waals surface area contributed by atoms with Crippen LogP contribution < -0.4 is 9.47 Å². The summed E-state index contributed by atoms with van der Waals surface area (Å²) in [7, 11) is 1.59. The molecular formula is C16H21NO3S. The fourth-order valence-corrected chi connectivity index (χ4v) is 2.84. The molecule has 0 aliphatic carbocycles. The molecule has 1 heterocycles. The minimum Gasteiger partial charge on any atom is -0.493 e. The van der Waals surface area contributed by atoms with Crippen LogP contribution in [-0.4, -0.2) is 17.2 Å². The van der Waals surface area contributed by atoms with Gasteiger partial charge in [0, 0.05) is 5.38 Å². The first-order chi connectivity index (χ1) is 10.1. The molecule has 5 heteroatoms. The first kappa shape index (κ1) is 15.8. The normalized spacial score (nSPS) is 12.2. The van der Waals surface area contributed by atoms with Gasteiger partial charge in [0.1, 0.15) is 6.61 Å². The smallest absolute Gasteiger partial charge is 0.161 e. The molecular weight excluding hydrogens is 286 g/mol. The lowest BCUT2D eigenvalue weighted by molar-refractivity contribution is 0.198.